The zero-order chi connectivity index (χ0) is 20.2. The summed E-state index contributed by atoms with van der Waals surface area (Å²) in [6, 6.07) is 8.77. The van der Waals surface area contributed by atoms with Crippen molar-refractivity contribution in [3.63, 3.8) is 0 Å². The molecule has 0 aromatic heterocycles. The predicted octanol–water partition coefficient (Wildman–Crippen LogP) is 4.37. The van der Waals surface area contributed by atoms with Crippen molar-refractivity contribution in [2.45, 2.75) is 52.6 Å². The molecule has 1 aliphatic heterocycles. The number of nitrogens with one attached hydrogen (secondary N) is 2. The van der Waals surface area contributed by atoms with Crippen molar-refractivity contribution in [1.82, 2.24) is 15.5 Å². The van der Waals surface area contributed by atoms with Crippen molar-refractivity contribution in [3.8, 4) is 0 Å². The smallest absolute Gasteiger partial charge is 0.190 e. The third-order valence-corrected chi connectivity index (χ3v) is 5.69. The second-order valence-electron chi connectivity index (χ2n) is 7.72. The van der Waals surface area contributed by atoms with Gasteiger partial charge < -0.3 is 20.3 Å². The third-order valence-electron chi connectivity index (χ3n) is 5.69. The number of hydrogen-bond donors (Lipinski definition) is 2. The van der Waals surface area contributed by atoms with E-state index in [0.717, 1.165) is 51.6 Å². The van der Waals surface area contributed by atoms with Crippen LogP contribution in [0.4, 0.5) is 0 Å². The lowest BCUT2D eigenvalue weighted by molar-refractivity contribution is -0.0265. The van der Waals surface area contributed by atoms with Gasteiger partial charge in [0.25, 0.3) is 0 Å². The highest BCUT2D eigenvalue weighted by Crippen LogP contribution is 2.33. The fraction of sp³-hybridized carbons (Fsp3) is 0.696. The zero-order valence-corrected chi connectivity index (χ0v) is 21.1. The van der Waals surface area contributed by atoms with Crippen LogP contribution in [0, 0.1) is 12.8 Å². The third kappa shape index (κ3) is 9.22. The van der Waals surface area contributed by atoms with Crippen LogP contribution >= 0.6 is 24.0 Å². The van der Waals surface area contributed by atoms with E-state index in [-0.39, 0.29) is 30.1 Å². The molecule has 29 heavy (non-hydrogen) atoms. The largest absolute Gasteiger partial charge is 0.373 e. The Kier molecular flexibility index (Phi) is 13.6. The van der Waals surface area contributed by atoms with Crippen LogP contribution in [0.5, 0.6) is 0 Å². The monoisotopic (exact) mass is 516 g/mol. The van der Waals surface area contributed by atoms with Crippen LogP contribution in [0.25, 0.3) is 0 Å². The van der Waals surface area contributed by atoms with E-state index in [1.54, 1.807) is 0 Å². The highest BCUT2D eigenvalue weighted by Gasteiger charge is 2.27. The number of hydrogen-bond acceptors (Lipinski definition) is 3. The van der Waals surface area contributed by atoms with E-state index in [9.17, 15) is 0 Å². The Hall–Kier alpha value is -0.860. The molecule has 6 heteroatoms. The van der Waals surface area contributed by atoms with Gasteiger partial charge in [0.05, 0.1) is 6.10 Å². The maximum atomic E-state index is 6.13. The summed E-state index contributed by atoms with van der Waals surface area (Å²) in [5, 5.41) is 6.98. The number of halogens is 1. The summed E-state index contributed by atoms with van der Waals surface area (Å²) in [5.41, 5.74) is 2.58. The summed E-state index contributed by atoms with van der Waals surface area (Å²) < 4.78 is 6.13. The Morgan fingerprint density at radius 2 is 1.86 bits per heavy atom. The lowest BCUT2D eigenvalue weighted by Crippen LogP contribution is -2.42. The van der Waals surface area contributed by atoms with Gasteiger partial charge in [-0.2, -0.15) is 0 Å². The quantitative estimate of drug-likeness (QED) is 0.210. The average Bonchev–Trinajstić information content (AvgIpc) is 2.74. The minimum atomic E-state index is 0. The summed E-state index contributed by atoms with van der Waals surface area (Å²) in [6.45, 7) is 12.7. The molecular formula is C23H41IN4O. The molecule has 0 bridgehead atoms. The number of aliphatic imine (C=N–C) groups is 1. The van der Waals surface area contributed by atoms with Crippen LogP contribution in [0.3, 0.4) is 0 Å². The minimum Gasteiger partial charge on any atom is -0.373 e. The minimum absolute atomic E-state index is 0. The summed E-state index contributed by atoms with van der Waals surface area (Å²) in [6.07, 6.45) is 4.88. The predicted molar refractivity (Wildman–Crippen MR) is 134 cm³/mol. The number of aryl methyl sites for hydroxylation is 1. The van der Waals surface area contributed by atoms with Gasteiger partial charge in [-0.15, -0.1) is 24.0 Å². The maximum absolute atomic E-state index is 6.13. The summed E-state index contributed by atoms with van der Waals surface area (Å²) in [5.74, 6) is 1.37. The van der Waals surface area contributed by atoms with Crippen molar-refractivity contribution in [2.24, 2.45) is 10.9 Å². The molecule has 0 aliphatic carbocycles. The first-order chi connectivity index (χ1) is 13.7. The Bertz CT molecular complexity index is 575. The van der Waals surface area contributed by atoms with E-state index in [1.165, 1.54) is 30.5 Å². The Morgan fingerprint density at radius 3 is 2.52 bits per heavy atom. The Labute approximate surface area is 195 Å². The highest BCUT2D eigenvalue weighted by molar-refractivity contribution is 14.0. The van der Waals surface area contributed by atoms with Gasteiger partial charge in [-0.05, 0) is 57.8 Å². The highest BCUT2D eigenvalue weighted by atomic mass is 127. The molecule has 1 aliphatic rings. The molecule has 2 rings (SSSR count). The van der Waals surface area contributed by atoms with Gasteiger partial charge in [0.1, 0.15) is 0 Å². The number of benzene rings is 1. The SMILES string of the molecule is CCN(CC)CCCCNC(=NC)NCC1CCCOC1c1ccc(C)cc1.I. The van der Waals surface area contributed by atoms with E-state index in [1.807, 2.05) is 7.05 Å². The zero-order valence-electron chi connectivity index (χ0n) is 18.7. The van der Waals surface area contributed by atoms with Crippen LogP contribution in [0.2, 0.25) is 0 Å². The molecule has 1 heterocycles. The van der Waals surface area contributed by atoms with Crippen molar-refractivity contribution in [3.05, 3.63) is 35.4 Å². The normalized spacial score (nSPS) is 19.7. The van der Waals surface area contributed by atoms with Crippen molar-refractivity contribution < 1.29 is 4.74 Å². The Morgan fingerprint density at radius 1 is 1.14 bits per heavy atom. The molecular weight excluding hydrogens is 475 g/mol. The molecule has 2 unspecified atom stereocenters. The van der Waals surface area contributed by atoms with Crippen LogP contribution in [0.1, 0.15) is 56.8 Å². The molecule has 0 saturated carbocycles. The van der Waals surface area contributed by atoms with Gasteiger partial charge in [-0.3, -0.25) is 4.99 Å². The van der Waals surface area contributed by atoms with E-state index in [0.29, 0.717) is 5.92 Å². The topological polar surface area (TPSA) is 48.9 Å². The first-order valence-corrected chi connectivity index (χ1v) is 11.0. The molecule has 1 aromatic carbocycles. The van der Waals surface area contributed by atoms with Gasteiger partial charge in [0.2, 0.25) is 0 Å². The molecule has 0 spiro atoms. The van der Waals surface area contributed by atoms with Crippen LogP contribution in [-0.2, 0) is 4.74 Å². The second-order valence-corrected chi connectivity index (χ2v) is 7.72. The Balaban J connectivity index is 0.00000420. The molecule has 2 atom stereocenters. The molecule has 0 amide bonds. The fourth-order valence-corrected chi connectivity index (χ4v) is 3.83. The molecule has 0 radical (unpaired) electrons. The average molecular weight is 517 g/mol. The second kappa shape index (κ2) is 15.0. The van der Waals surface area contributed by atoms with Gasteiger partial charge in [0, 0.05) is 32.7 Å². The number of nitrogens with zero attached hydrogens (tertiary/aromatic N) is 2. The summed E-state index contributed by atoms with van der Waals surface area (Å²) >= 11 is 0. The van der Waals surface area contributed by atoms with E-state index >= 15 is 0 Å². The van der Waals surface area contributed by atoms with Crippen LogP contribution < -0.4 is 10.6 Å². The van der Waals surface area contributed by atoms with Crippen molar-refractivity contribution in [1.29, 1.82) is 0 Å². The summed E-state index contributed by atoms with van der Waals surface area (Å²) in [7, 11) is 1.85. The van der Waals surface area contributed by atoms with E-state index in [2.05, 4.69) is 65.6 Å². The molecule has 166 valence electrons. The first-order valence-electron chi connectivity index (χ1n) is 11.0. The van der Waals surface area contributed by atoms with Gasteiger partial charge in [-0.25, -0.2) is 0 Å². The van der Waals surface area contributed by atoms with Crippen molar-refractivity contribution in [2.75, 3.05) is 46.4 Å². The number of unbranched alkanes of at least 4 members (excludes halogenated alkanes) is 1. The molecule has 1 aromatic rings. The number of ether oxygens (including phenoxy) is 1. The van der Waals surface area contributed by atoms with Gasteiger partial charge in [-0.1, -0.05) is 43.7 Å². The fourth-order valence-electron chi connectivity index (χ4n) is 3.83. The maximum Gasteiger partial charge on any atom is 0.190 e. The number of guanidine groups is 1. The van der Waals surface area contributed by atoms with E-state index < -0.39 is 0 Å². The first kappa shape index (κ1) is 26.2. The molecule has 5 nitrogen and oxygen atoms in total. The van der Waals surface area contributed by atoms with Crippen molar-refractivity contribution >= 4 is 29.9 Å². The lowest BCUT2D eigenvalue weighted by atomic mass is 9.89. The number of rotatable bonds is 10. The van der Waals surface area contributed by atoms with E-state index in [4.69, 9.17) is 4.74 Å². The van der Waals surface area contributed by atoms with Gasteiger partial charge >= 0.3 is 0 Å². The molecule has 1 saturated heterocycles. The lowest BCUT2D eigenvalue weighted by Gasteiger charge is -2.32. The summed E-state index contributed by atoms with van der Waals surface area (Å²) in [4.78, 5) is 6.86. The standard InChI is InChI=1S/C23H40N4O.HI/c1-5-27(6-2)16-8-7-15-25-23(24-4)26-18-21-10-9-17-28-22(21)20-13-11-19(3)12-14-20;/h11-14,21-22H,5-10,15-18H2,1-4H3,(H2,24,25,26);1H. The van der Waals surface area contributed by atoms with Crippen LogP contribution in [0.15, 0.2) is 29.3 Å². The van der Waals surface area contributed by atoms with Gasteiger partial charge in [0.15, 0.2) is 5.96 Å². The molecule has 2 N–H and O–H groups in total. The van der Waals surface area contributed by atoms with Crippen LogP contribution in [-0.4, -0.2) is 57.2 Å². The molecule has 1 fully saturated rings.